The van der Waals surface area contributed by atoms with Gasteiger partial charge in [0.1, 0.15) is 33.7 Å². The second kappa shape index (κ2) is 6.94. The van der Waals surface area contributed by atoms with Gasteiger partial charge in [0.25, 0.3) is 0 Å². The highest BCUT2D eigenvalue weighted by atomic mass is 32.2. The van der Waals surface area contributed by atoms with Gasteiger partial charge in [-0.15, -0.1) is 0 Å². The maximum atomic E-state index is 13.4. The third-order valence-corrected chi connectivity index (χ3v) is 6.82. The number of nitrogens with one attached hydrogen (secondary N) is 1. The zero-order chi connectivity index (χ0) is 20.8. The molecule has 1 aliphatic rings. The average molecular weight is 422 g/mol. The largest absolute Gasteiger partial charge is 0.473 e. The summed E-state index contributed by atoms with van der Waals surface area (Å²) in [4.78, 5) is 11.2. The zero-order valence-electron chi connectivity index (χ0n) is 15.7. The number of ether oxygens (including phenoxy) is 1. The highest BCUT2D eigenvalue weighted by molar-refractivity contribution is 7.92. The first kappa shape index (κ1) is 19.6. The molecule has 1 saturated carbocycles. The Bertz CT molecular complexity index is 1150. The summed E-state index contributed by atoms with van der Waals surface area (Å²) in [5.41, 5.74) is 6.36. The van der Waals surface area contributed by atoms with Gasteiger partial charge in [0.05, 0.1) is 4.90 Å². The van der Waals surface area contributed by atoms with Crippen LogP contribution in [-0.4, -0.2) is 35.4 Å². The standard InChI is InChI=1S/C19H20F2N4O3S/c1-11-23-14-15(18(24-11)28-12-7-9-19(20,21)10-8-12)25-17(22)16(14)29(26,27)13-5-3-2-4-6-13/h2-6,12,25H,7-10,22H2,1H3. The number of anilines is 1. The van der Waals surface area contributed by atoms with Crippen molar-refractivity contribution in [1.82, 2.24) is 15.0 Å². The predicted octanol–water partition coefficient (Wildman–Crippen LogP) is 3.64. The maximum absolute atomic E-state index is 13.4. The lowest BCUT2D eigenvalue weighted by Crippen LogP contribution is -2.31. The van der Waals surface area contributed by atoms with E-state index >= 15 is 0 Å². The van der Waals surface area contributed by atoms with E-state index in [2.05, 4.69) is 15.0 Å². The van der Waals surface area contributed by atoms with E-state index in [-0.39, 0.29) is 64.0 Å². The number of aryl methyl sites for hydroxylation is 1. The number of rotatable bonds is 4. The number of nitrogens with zero attached hydrogens (tertiary/aromatic N) is 2. The predicted molar refractivity (Wildman–Crippen MR) is 103 cm³/mol. The third-order valence-electron chi connectivity index (χ3n) is 4.97. The van der Waals surface area contributed by atoms with E-state index in [1.54, 1.807) is 25.1 Å². The minimum Gasteiger partial charge on any atom is -0.473 e. The molecular formula is C19H20F2N4O3S. The lowest BCUT2D eigenvalue weighted by atomic mass is 9.94. The van der Waals surface area contributed by atoms with E-state index in [0.717, 1.165) is 0 Å². The van der Waals surface area contributed by atoms with Crippen molar-refractivity contribution in [2.24, 2.45) is 0 Å². The number of fused-ring (bicyclic) bond motifs is 1. The quantitative estimate of drug-likeness (QED) is 0.664. The number of nitrogen functional groups attached to an aromatic ring is 1. The fourth-order valence-electron chi connectivity index (χ4n) is 3.51. The minimum absolute atomic E-state index is 0.0798. The summed E-state index contributed by atoms with van der Waals surface area (Å²) in [5.74, 6) is -2.35. The third kappa shape index (κ3) is 3.64. The number of alkyl halides is 2. The SMILES string of the molecule is Cc1nc(OC2CCC(F)(F)CC2)c2[nH]c(N)c(S(=O)(=O)c3ccccc3)c2n1. The molecule has 7 nitrogen and oxygen atoms in total. The molecule has 29 heavy (non-hydrogen) atoms. The van der Waals surface area contributed by atoms with Gasteiger partial charge in [-0.3, -0.25) is 0 Å². The molecule has 3 N–H and O–H groups in total. The maximum Gasteiger partial charge on any atom is 0.248 e. The molecule has 0 bridgehead atoms. The number of H-pyrrole nitrogens is 1. The Balaban J connectivity index is 1.77. The molecular weight excluding hydrogens is 402 g/mol. The number of aromatic nitrogens is 3. The molecule has 0 unspecified atom stereocenters. The molecule has 2 heterocycles. The fraction of sp³-hybridized carbons (Fsp3) is 0.368. The van der Waals surface area contributed by atoms with Gasteiger partial charge in [0, 0.05) is 12.8 Å². The van der Waals surface area contributed by atoms with E-state index in [0.29, 0.717) is 0 Å². The smallest absolute Gasteiger partial charge is 0.248 e. The fourth-order valence-corrected chi connectivity index (χ4v) is 5.00. The summed E-state index contributed by atoms with van der Waals surface area (Å²) in [6.45, 7) is 1.60. The van der Waals surface area contributed by atoms with E-state index in [4.69, 9.17) is 10.5 Å². The number of aromatic amines is 1. The van der Waals surface area contributed by atoms with Crippen LogP contribution in [0.5, 0.6) is 5.88 Å². The zero-order valence-corrected chi connectivity index (χ0v) is 16.5. The second-order valence-corrected chi connectivity index (χ2v) is 9.04. The van der Waals surface area contributed by atoms with Crippen LogP contribution >= 0.6 is 0 Å². The van der Waals surface area contributed by atoms with Gasteiger partial charge in [0.2, 0.25) is 21.6 Å². The Kier molecular flexibility index (Phi) is 4.68. The Morgan fingerprint density at radius 3 is 2.48 bits per heavy atom. The van der Waals surface area contributed by atoms with Crippen LogP contribution in [-0.2, 0) is 9.84 Å². The molecule has 0 radical (unpaired) electrons. The van der Waals surface area contributed by atoms with Crippen LogP contribution in [0.25, 0.3) is 11.0 Å². The van der Waals surface area contributed by atoms with Crippen molar-refractivity contribution in [2.75, 3.05) is 5.73 Å². The van der Waals surface area contributed by atoms with Crippen LogP contribution in [0, 0.1) is 6.92 Å². The van der Waals surface area contributed by atoms with Crippen LogP contribution in [0.1, 0.15) is 31.5 Å². The van der Waals surface area contributed by atoms with E-state index < -0.39 is 21.9 Å². The number of hydrogen-bond donors (Lipinski definition) is 2. The summed E-state index contributed by atoms with van der Waals surface area (Å²) >= 11 is 0. The lowest BCUT2D eigenvalue weighted by Gasteiger charge is -2.28. The van der Waals surface area contributed by atoms with Gasteiger partial charge < -0.3 is 15.5 Å². The van der Waals surface area contributed by atoms with E-state index in [9.17, 15) is 17.2 Å². The van der Waals surface area contributed by atoms with Crippen LogP contribution in [0.2, 0.25) is 0 Å². The molecule has 2 aromatic heterocycles. The summed E-state index contributed by atoms with van der Waals surface area (Å²) < 4.78 is 58.9. The van der Waals surface area contributed by atoms with E-state index in [1.807, 2.05) is 0 Å². The van der Waals surface area contributed by atoms with Gasteiger partial charge in [-0.1, -0.05) is 18.2 Å². The van der Waals surface area contributed by atoms with Gasteiger partial charge in [-0.25, -0.2) is 22.2 Å². The second-order valence-electron chi connectivity index (χ2n) is 7.16. The number of nitrogens with two attached hydrogens (primary N) is 1. The molecule has 154 valence electrons. The Morgan fingerprint density at radius 2 is 1.83 bits per heavy atom. The number of halogens is 2. The van der Waals surface area contributed by atoms with Crippen LogP contribution in [0.15, 0.2) is 40.1 Å². The van der Waals surface area contributed by atoms with Crippen molar-refractivity contribution >= 4 is 26.7 Å². The monoisotopic (exact) mass is 422 g/mol. The van der Waals surface area contributed by atoms with E-state index in [1.165, 1.54) is 12.1 Å². The molecule has 0 spiro atoms. The molecule has 1 aliphatic carbocycles. The molecule has 0 amide bonds. The number of benzene rings is 1. The first-order chi connectivity index (χ1) is 13.7. The summed E-state index contributed by atoms with van der Waals surface area (Å²) in [6, 6.07) is 7.89. The Morgan fingerprint density at radius 1 is 1.17 bits per heavy atom. The van der Waals surface area contributed by atoms with Crippen molar-refractivity contribution in [2.45, 2.75) is 54.4 Å². The normalized spacial score (nSPS) is 17.5. The highest BCUT2D eigenvalue weighted by Crippen LogP contribution is 2.38. The summed E-state index contributed by atoms with van der Waals surface area (Å²) in [7, 11) is -3.94. The Hall–Kier alpha value is -2.75. The van der Waals surface area contributed by atoms with Gasteiger partial charge >= 0.3 is 0 Å². The molecule has 1 fully saturated rings. The molecule has 4 rings (SSSR count). The molecule has 3 aromatic rings. The summed E-state index contributed by atoms with van der Waals surface area (Å²) in [6.07, 6.45) is -0.589. The molecule has 1 aromatic carbocycles. The molecule has 0 aliphatic heterocycles. The van der Waals surface area contributed by atoms with Crippen LogP contribution in [0.3, 0.4) is 0 Å². The van der Waals surface area contributed by atoms with Gasteiger partial charge in [-0.05, 0) is 31.9 Å². The van der Waals surface area contributed by atoms with Crippen LogP contribution < -0.4 is 10.5 Å². The average Bonchev–Trinajstić information content (AvgIpc) is 3.01. The molecule has 0 atom stereocenters. The van der Waals surface area contributed by atoms with Gasteiger partial charge in [-0.2, -0.15) is 4.98 Å². The van der Waals surface area contributed by atoms with Crippen LogP contribution in [0.4, 0.5) is 14.6 Å². The van der Waals surface area contributed by atoms with Crippen molar-refractivity contribution in [3.8, 4) is 5.88 Å². The molecule has 10 heteroatoms. The summed E-state index contributed by atoms with van der Waals surface area (Å²) in [5, 5.41) is 0. The highest BCUT2D eigenvalue weighted by Gasteiger charge is 2.36. The number of sulfone groups is 1. The Labute approximate surface area is 166 Å². The van der Waals surface area contributed by atoms with Crippen molar-refractivity contribution < 1.29 is 21.9 Å². The minimum atomic E-state index is -3.94. The topological polar surface area (TPSA) is 111 Å². The van der Waals surface area contributed by atoms with Crippen molar-refractivity contribution in [1.29, 1.82) is 0 Å². The van der Waals surface area contributed by atoms with Crippen molar-refractivity contribution in [3.63, 3.8) is 0 Å². The van der Waals surface area contributed by atoms with Gasteiger partial charge in [0.15, 0.2) is 0 Å². The first-order valence-electron chi connectivity index (χ1n) is 9.18. The molecule has 0 saturated heterocycles. The first-order valence-corrected chi connectivity index (χ1v) is 10.7. The lowest BCUT2D eigenvalue weighted by molar-refractivity contribution is -0.0586. The van der Waals surface area contributed by atoms with Crippen molar-refractivity contribution in [3.05, 3.63) is 36.2 Å². The number of hydrogen-bond acceptors (Lipinski definition) is 6.